The molecule has 0 spiro atoms. The summed E-state index contributed by atoms with van der Waals surface area (Å²) in [5.41, 5.74) is -1.84. The van der Waals surface area contributed by atoms with E-state index in [1.54, 1.807) is 13.8 Å². The average molecular weight is 563 g/mol. The highest BCUT2D eigenvalue weighted by Gasteiger charge is 2.50. The van der Waals surface area contributed by atoms with Crippen LogP contribution in [0.2, 0.25) is 0 Å². The van der Waals surface area contributed by atoms with Crippen molar-refractivity contribution in [2.45, 2.75) is 102 Å². The summed E-state index contributed by atoms with van der Waals surface area (Å²) in [6.07, 6.45) is -1.17. The summed E-state index contributed by atoms with van der Waals surface area (Å²) in [7, 11) is 2.60. The van der Waals surface area contributed by atoms with Crippen molar-refractivity contribution in [2.75, 3.05) is 27.2 Å². The minimum atomic E-state index is -5.19. The van der Waals surface area contributed by atoms with Gasteiger partial charge in [0, 0.05) is 27.2 Å². The largest absolute Gasteiger partial charge is 0.481 e. The lowest BCUT2D eigenvalue weighted by Crippen LogP contribution is -2.65. The first-order valence-corrected chi connectivity index (χ1v) is 13.6. The summed E-state index contributed by atoms with van der Waals surface area (Å²) in [6.45, 7) is 4.19. The molecular weight excluding hydrogens is 521 g/mol. The van der Waals surface area contributed by atoms with E-state index in [9.17, 15) is 42.3 Å². The number of carbonyl (C=O) groups is 5. The maximum Gasteiger partial charge on any atom is 0.471 e. The fourth-order valence-corrected chi connectivity index (χ4v) is 5.62. The minimum absolute atomic E-state index is 0.0120. The molecule has 2 atom stereocenters. The maximum atomic E-state index is 13.8. The van der Waals surface area contributed by atoms with Crippen molar-refractivity contribution in [1.82, 2.24) is 20.0 Å². The topological polar surface area (TPSA) is 127 Å². The van der Waals surface area contributed by atoms with Gasteiger partial charge in [-0.3, -0.25) is 24.0 Å². The average Bonchev–Trinajstić information content (AvgIpc) is 3.11. The number of hydrogen-bond acceptors (Lipinski definition) is 5. The Bertz CT molecular complexity index is 912. The molecule has 0 radical (unpaired) electrons. The predicted molar refractivity (Wildman–Crippen MR) is 135 cm³/mol. The van der Waals surface area contributed by atoms with Crippen LogP contribution in [0.5, 0.6) is 0 Å². The van der Waals surface area contributed by atoms with Gasteiger partial charge in [-0.05, 0) is 38.0 Å². The molecule has 10 nitrogen and oxygen atoms in total. The highest BCUT2D eigenvalue weighted by atomic mass is 19.4. The normalized spacial score (nSPS) is 19.4. The Morgan fingerprint density at radius 2 is 1.41 bits per heavy atom. The van der Waals surface area contributed by atoms with Crippen LogP contribution in [0.4, 0.5) is 13.2 Å². The zero-order valence-electron chi connectivity index (χ0n) is 23.2. The van der Waals surface area contributed by atoms with Crippen LogP contribution in [0, 0.1) is 5.92 Å². The zero-order chi connectivity index (χ0) is 29.5. The minimum Gasteiger partial charge on any atom is -0.481 e. The first kappa shape index (κ1) is 32.4. The number of piperidine rings is 1. The van der Waals surface area contributed by atoms with E-state index in [1.165, 1.54) is 19.0 Å². The van der Waals surface area contributed by atoms with Gasteiger partial charge >= 0.3 is 18.1 Å². The molecule has 2 aliphatic rings. The van der Waals surface area contributed by atoms with Gasteiger partial charge in [-0.25, -0.2) is 0 Å². The first-order valence-electron chi connectivity index (χ1n) is 13.6. The van der Waals surface area contributed by atoms with Crippen LogP contribution < -0.4 is 5.32 Å². The Morgan fingerprint density at radius 3 is 1.87 bits per heavy atom. The Morgan fingerprint density at radius 1 is 0.897 bits per heavy atom. The number of likely N-dealkylation sites (tertiary alicyclic amines) is 1. The van der Waals surface area contributed by atoms with Gasteiger partial charge in [0.05, 0.1) is 6.42 Å². The SMILES string of the molecule is CC(C)[C@@H](C(=O)N(C)[C@@H](CC(=O)O)C(=O)N1CCCCC1)N(C)C(=O)C1(NC(=O)C(F)(F)F)CCCCCC1. The molecular formula is C26H41F3N4O6. The second-order valence-electron chi connectivity index (χ2n) is 11.0. The number of carbonyl (C=O) groups excluding carboxylic acids is 4. The summed E-state index contributed by atoms with van der Waals surface area (Å²) < 4.78 is 39.6. The van der Waals surface area contributed by atoms with Crippen LogP contribution in [-0.4, -0.2) is 100 Å². The predicted octanol–water partition coefficient (Wildman–Crippen LogP) is 2.56. The van der Waals surface area contributed by atoms with E-state index in [4.69, 9.17) is 0 Å². The molecule has 1 saturated heterocycles. The summed E-state index contributed by atoms with van der Waals surface area (Å²) in [6, 6.07) is -2.52. The number of halogens is 3. The number of alkyl halides is 3. The van der Waals surface area contributed by atoms with Gasteiger partial charge in [-0.2, -0.15) is 13.2 Å². The Hall–Kier alpha value is -2.86. The number of amides is 4. The smallest absolute Gasteiger partial charge is 0.471 e. The molecule has 1 heterocycles. The highest BCUT2D eigenvalue weighted by molar-refractivity contribution is 5.97. The molecule has 0 aromatic rings. The molecule has 2 rings (SSSR count). The third-order valence-electron chi connectivity index (χ3n) is 7.73. The molecule has 13 heteroatoms. The summed E-state index contributed by atoms with van der Waals surface area (Å²) in [5.74, 6) is -6.05. The van der Waals surface area contributed by atoms with E-state index in [0.717, 1.165) is 29.1 Å². The summed E-state index contributed by atoms with van der Waals surface area (Å²) in [5, 5.41) is 11.4. The van der Waals surface area contributed by atoms with Gasteiger partial charge < -0.3 is 25.1 Å². The van der Waals surface area contributed by atoms with Crippen LogP contribution in [0.15, 0.2) is 0 Å². The van der Waals surface area contributed by atoms with Crippen molar-refractivity contribution in [3.8, 4) is 0 Å². The molecule has 222 valence electrons. The molecule has 1 saturated carbocycles. The van der Waals surface area contributed by atoms with Crippen molar-refractivity contribution in [3.63, 3.8) is 0 Å². The number of likely N-dealkylation sites (N-methyl/N-ethyl adjacent to an activating group) is 2. The van der Waals surface area contributed by atoms with Crippen LogP contribution in [-0.2, 0) is 24.0 Å². The van der Waals surface area contributed by atoms with E-state index < -0.39 is 65.7 Å². The van der Waals surface area contributed by atoms with Gasteiger partial charge in [0.25, 0.3) is 0 Å². The quantitative estimate of drug-likeness (QED) is 0.416. The molecule has 2 fully saturated rings. The monoisotopic (exact) mass is 562 g/mol. The number of nitrogens with zero attached hydrogens (tertiary/aromatic N) is 3. The Kier molecular flexibility index (Phi) is 11.2. The van der Waals surface area contributed by atoms with Crippen molar-refractivity contribution in [1.29, 1.82) is 0 Å². The third-order valence-corrected chi connectivity index (χ3v) is 7.73. The molecule has 4 amide bonds. The van der Waals surface area contributed by atoms with Crippen LogP contribution >= 0.6 is 0 Å². The number of nitrogens with one attached hydrogen (secondary N) is 1. The lowest BCUT2D eigenvalue weighted by Gasteiger charge is -2.42. The molecule has 2 N–H and O–H groups in total. The van der Waals surface area contributed by atoms with Crippen molar-refractivity contribution in [3.05, 3.63) is 0 Å². The molecule has 1 aliphatic heterocycles. The lowest BCUT2D eigenvalue weighted by molar-refractivity contribution is -0.177. The van der Waals surface area contributed by atoms with Gasteiger partial charge in [0.2, 0.25) is 17.7 Å². The summed E-state index contributed by atoms with van der Waals surface area (Å²) >= 11 is 0. The van der Waals surface area contributed by atoms with Crippen molar-refractivity contribution in [2.24, 2.45) is 5.92 Å². The Labute approximate surface area is 227 Å². The van der Waals surface area contributed by atoms with E-state index in [-0.39, 0.29) is 12.8 Å². The van der Waals surface area contributed by atoms with Crippen molar-refractivity contribution < 1.29 is 42.3 Å². The zero-order valence-corrected chi connectivity index (χ0v) is 23.2. The van der Waals surface area contributed by atoms with E-state index in [0.29, 0.717) is 38.8 Å². The highest BCUT2D eigenvalue weighted by Crippen LogP contribution is 2.32. The number of carboxylic acids is 1. The fourth-order valence-electron chi connectivity index (χ4n) is 5.62. The van der Waals surface area contributed by atoms with Crippen molar-refractivity contribution >= 4 is 29.6 Å². The fraction of sp³-hybridized carbons (Fsp3) is 0.808. The van der Waals surface area contributed by atoms with Gasteiger partial charge in [0.15, 0.2) is 0 Å². The Balaban J connectivity index is 2.39. The van der Waals surface area contributed by atoms with Crippen LogP contribution in [0.1, 0.15) is 78.1 Å². The number of carboxylic acid groups (broad SMARTS) is 1. The second-order valence-corrected chi connectivity index (χ2v) is 11.0. The second kappa shape index (κ2) is 13.5. The first-order chi connectivity index (χ1) is 18.1. The molecule has 39 heavy (non-hydrogen) atoms. The van der Waals surface area contributed by atoms with Gasteiger partial charge in [-0.1, -0.05) is 39.5 Å². The lowest BCUT2D eigenvalue weighted by atomic mass is 9.86. The number of aliphatic carboxylic acids is 1. The van der Waals surface area contributed by atoms with Crippen LogP contribution in [0.3, 0.4) is 0 Å². The number of hydrogen-bond donors (Lipinski definition) is 2. The standard InChI is InChI=1S/C26H41F3N4O6/c1-17(2)20(22(37)31(3)18(16-19(34)35)21(36)33-14-10-7-11-15-33)32(4)24(39)25(12-8-5-6-9-13-25)30-23(38)26(27,28)29/h17-18,20H,5-16H2,1-4H3,(H,30,38)(H,34,35)/t18-,20-/m0/s1. The van der Waals surface area contributed by atoms with Gasteiger partial charge in [0.1, 0.15) is 17.6 Å². The molecule has 0 bridgehead atoms. The summed E-state index contributed by atoms with van der Waals surface area (Å²) in [4.78, 5) is 68.1. The number of rotatable bonds is 9. The van der Waals surface area contributed by atoms with E-state index in [2.05, 4.69) is 0 Å². The maximum absolute atomic E-state index is 13.8. The van der Waals surface area contributed by atoms with Crippen LogP contribution in [0.25, 0.3) is 0 Å². The van der Waals surface area contributed by atoms with E-state index in [1.807, 2.05) is 5.32 Å². The van der Waals surface area contributed by atoms with E-state index >= 15 is 0 Å². The third kappa shape index (κ3) is 8.07. The molecule has 0 unspecified atom stereocenters. The molecule has 1 aliphatic carbocycles. The van der Waals surface area contributed by atoms with Gasteiger partial charge in [-0.15, -0.1) is 0 Å². The molecule has 0 aromatic carbocycles. The molecule has 0 aromatic heterocycles.